The number of hydrogen-bond donors (Lipinski definition) is 2. The Morgan fingerprint density at radius 2 is 2.27 bits per heavy atom. The van der Waals surface area contributed by atoms with Crippen LogP contribution in [0.15, 0.2) is 22.6 Å². The van der Waals surface area contributed by atoms with E-state index in [9.17, 15) is 0 Å². The van der Waals surface area contributed by atoms with Gasteiger partial charge in [0, 0.05) is 11.8 Å². The zero-order chi connectivity index (χ0) is 10.7. The minimum absolute atomic E-state index is 0.365. The maximum absolute atomic E-state index is 5.42. The van der Waals surface area contributed by atoms with Crippen LogP contribution in [0.25, 0.3) is 0 Å². The van der Waals surface area contributed by atoms with Crippen LogP contribution in [-0.4, -0.2) is 10.2 Å². The van der Waals surface area contributed by atoms with Gasteiger partial charge in [-0.25, -0.2) is 0 Å². The van der Waals surface area contributed by atoms with Crippen molar-refractivity contribution in [2.45, 2.75) is 20.1 Å². The highest BCUT2D eigenvalue weighted by Gasteiger charge is 2.03. The molecule has 0 radical (unpaired) electrons. The summed E-state index contributed by atoms with van der Waals surface area (Å²) in [5.74, 6) is 2.07. The average Bonchev–Trinajstić information content (AvgIpc) is 2.83. The van der Waals surface area contributed by atoms with Crippen LogP contribution >= 0.6 is 0 Å². The summed E-state index contributed by atoms with van der Waals surface area (Å²) >= 11 is 0. The Bertz CT molecular complexity index is 433. The highest BCUT2D eigenvalue weighted by Crippen LogP contribution is 2.12. The Labute approximate surface area is 87.2 Å². The van der Waals surface area contributed by atoms with Gasteiger partial charge in [0.15, 0.2) is 0 Å². The number of rotatable bonds is 4. The van der Waals surface area contributed by atoms with Crippen molar-refractivity contribution in [3.05, 3.63) is 35.4 Å². The van der Waals surface area contributed by atoms with Crippen LogP contribution in [0.5, 0.6) is 5.88 Å². The largest absolute Gasteiger partial charge is 0.468 e. The van der Waals surface area contributed by atoms with Crippen LogP contribution in [0.1, 0.15) is 17.2 Å². The van der Waals surface area contributed by atoms with Crippen LogP contribution in [0.3, 0.4) is 0 Å². The standard InChI is InChI=1S/C10H13N3O2/c1-7-4-10(13-12-7)14-6-9-3-2-8(5-11)15-9/h2-4H,5-6,11H2,1H3,(H,12,13). The molecule has 0 bridgehead atoms. The predicted octanol–water partition coefficient (Wildman–Crippen LogP) is 1.35. The zero-order valence-electron chi connectivity index (χ0n) is 8.49. The van der Waals surface area contributed by atoms with Gasteiger partial charge in [-0.3, -0.25) is 5.10 Å². The molecule has 0 aromatic carbocycles. The minimum Gasteiger partial charge on any atom is -0.468 e. The highest BCUT2D eigenvalue weighted by molar-refractivity contribution is 5.13. The van der Waals surface area contributed by atoms with E-state index in [4.69, 9.17) is 14.9 Å². The summed E-state index contributed by atoms with van der Waals surface area (Å²) < 4.78 is 10.8. The summed E-state index contributed by atoms with van der Waals surface area (Å²) in [6.45, 7) is 2.69. The molecule has 80 valence electrons. The second kappa shape index (κ2) is 4.18. The number of nitrogens with one attached hydrogen (secondary N) is 1. The van der Waals surface area contributed by atoms with E-state index < -0.39 is 0 Å². The fourth-order valence-corrected chi connectivity index (χ4v) is 1.22. The molecular weight excluding hydrogens is 194 g/mol. The number of ether oxygens (including phenoxy) is 1. The van der Waals surface area contributed by atoms with Crippen LogP contribution in [-0.2, 0) is 13.2 Å². The van der Waals surface area contributed by atoms with E-state index in [1.165, 1.54) is 0 Å². The summed E-state index contributed by atoms with van der Waals surface area (Å²) in [6, 6.07) is 5.52. The first-order chi connectivity index (χ1) is 7.28. The summed E-state index contributed by atoms with van der Waals surface area (Å²) in [6.07, 6.45) is 0. The van der Waals surface area contributed by atoms with Crippen molar-refractivity contribution >= 4 is 0 Å². The molecule has 3 N–H and O–H groups in total. The van der Waals surface area contributed by atoms with Gasteiger partial charge in [0.2, 0.25) is 5.88 Å². The van der Waals surface area contributed by atoms with Gasteiger partial charge in [-0.15, -0.1) is 5.10 Å². The zero-order valence-corrected chi connectivity index (χ0v) is 8.49. The summed E-state index contributed by atoms with van der Waals surface area (Å²) in [4.78, 5) is 0. The molecule has 2 heterocycles. The van der Waals surface area contributed by atoms with E-state index in [1.54, 1.807) is 0 Å². The van der Waals surface area contributed by atoms with Gasteiger partial charge >= 0.3 is 0 Å². The topological polar surface area (TPSA) is 77.1 Å². The lowest BCUT2D eigenvalue weighted by molar-refractivity contribution is 0.256. The third-order valence-electron chi connectivity index (χ3n) is 1.96. The first-order valence-corrected chi connectivity index (χ1v) is 4.70. The van der Waals surface area contributed by atoms with Crippen LogP contribution in [0.2, 0.25) is 0 Å². The molecular formula is C10H13N3O2. The maximum Gasteiger partial charge on any atom is 0.233 e. The molecule has 0 aliphatic carbocycles. The lowest BCUT2D eigenvalue weighted by Crippen LogP contribution is -1.95. The van der Waals surface area contributed by atoms with Crippen LogP contribution in [0.4, 0.5) is 0 Å². The molecule has 5 heteroatoms. The smallest absolute Gasteiger partial charge is 0.233 e. The Kier molecular flexibility index (Phi) is 2.73. The lowest BCUT2D eigenvalue weighted by Gasteiger charge is -1.98. The molecule has 0 saturated carbocycles. The number of aromatic amines is 1. The predicted molar refractivity (Wildman–Crippen MR) is 54.3 cm³/mol. The fraction of sp³-hybridized carbons (Fsp3) is 0.300. The van der Waals surface area contributed by atoms with Crippen molar-refractivity contribution in [1.29, 1.82) is 0 Å². The van der Waals surface area contributed by atoms with E-state index in [0.29, 0.717) is 19.0 Å². The SMILES string of the molecule is Cc1cc(OCc2ccc(CN)o2)n[nH]1. The molecule has 15 heavy (non-hydrogen) atoms. The average molecular weight is 207 g/mol. The van der Waals surface area contributed by atoms with Crippen molar-refractivity contribution in [3.63, 3.8) is 0 Å². The van der Waals surface area contributed by atoms with Crippen LogP contribution < -0.4 is 10.5 Å². The number of furan rings is 1. The number of hydrogen-bond acceptors (Lipinski definition) is 4. The van der Waals surface area contributed by atoms with E-state index >= 15 is 0 Å². The molecule has 0 atom stereocenters. The van der Waals surface area contributed by atoms with Gasteiger partial charge < -0.3 is 14.9 Å². The molecule has 0 aliphatic rings. The second-order valence-corrected chi connectivity index (χ2v) is 3.25. The van der Waals surface area contributed by atoms with Gasteiger partial charge in [0.25, 0.3) is 0 Å². The van der Waals surface area contributed by atoms with Crippen molar-refractivity contribution < 1.29 is 9.15 Å². The number of H-pyrrole nitrogens is 1. The molecule has 0 saturated heterocycles. The van der Waals surface area contributed by atoms with Gasteiger partial charge in [-0.05, 0) is 19.1 Å². The lowest BCUT2D eigenvalue weighted by atomic mass is 10.4. The molecule has 5 nitrogen and oxygen atoms in total. The maximum atomic E-state index is 5.42. The van der Waals surface area contributed by atoms with Gasteiger partial charge in [-0.2, -0.15) is 0 Å². The molecule has 0 unspecified atom stereocenters. The molecule has 2 aromatic rings. The Hall–Kier alpha value is -1.75. The first-order valence-electron chi connectivity index (χ1n) is 4.70. The Morgan fingerprint density at radius 1 is 1.47 bits per heavy atom. The monoisotopic (exact) mass is 207 g/mol. The normalized spacial score (nSPS) is 10.5. The highest BCUT2D eigenvalue weighted by atomic mass is 16.5. The Morgan fingerprint density at radius 3 is 2.87 bits per heavy atom. The molecule has 0 aliphatic heterocycles. The number of aryl methyl sites for hydroxylation is 1. The number of nitrogens with two attached hydrogens (primary N) is 1. The number of aromatic nitrogens is 2. The van der Waals surface area contributed by atoms with Crippen LogP contribution in [0, 0.1) is 6.92 Å². The molecule has 2 aromatic heterocycles. The molecule has 2 rings (SSSR count). The quantitative estimate of drug-likeness (QED) is 0.793. The Balaban J connectivity index is 1.93. The summed E-state index contributed by atoms with van der Waals surface area (Å²) in [5, 5.41) is 6.74. The van der Waals surface area contributed by atoms with E-state index in [0.717, 1.165) is 17.2 Å². The van der Waals surface area contributed by atoms with Gasteiger partial charge in [0.05, 0.1) is 6.54 Å². The molecule has 0 spiro atoms. The second-order valence-electron chi connectivity index (χ2n) is 3.25. The fourth-order valence-electron chi connectivity index (χ4n) is 1.22. The third kappa shape index (κ3) is 2.38. The number of nitrogens with zero attached hydrogens (tertiary/aromatic N) is 1. The van der Waals surface area contributed by atoms with E-state index in [2.05, 4.69) is 10.2 Å². The van der Waals surface area contributed by atoms with Gasteiger partial charge in [-0.1, -0.05) is 0 Å². The minimum atomic E-state index is 0.365. The molecule has 0 fully saturated rings. The van der Waals surface area contributed by atoms with Gasteiger partial charge in [0.1, 0.15) is 18.1 Å². The first kappa shape index (κ1) is 9.79. The van der Waals surface area contributed by atoms with Crippen molar-refractivity contribution in [2.75, 3.05) is 0 Å². The third-order valence-corrected chi connectivity index (χ3v) is 1.96. The van der Waals surface area contributed by atoms with Crippen molar-refractivity contribution in [2.24, 2.45) is 5.73 Å². The van der Waals surface area contributed by atoms with Crippen molar-refractivity contribution in [1.82, 2.24) is 10.2 Å². The molecule has 0 amide bonds. The van der Waals surface area contributed by atoms with E-state index in [1.807, 2.05) is 25.1 Å². The summed E-state index contributed by atoms with van der Waals surface area (Å²) in [5.41, 5.74) is 6.39. The van der Waals surface area contributed by atoms with Crippen molar-refractivity contribution in [3.8, 4) is 5.88 Å². The van der Waals surface area contributed by atoms with E-state index in [-0.39, 0.29) is 0 Å². The summed E-state index contributed by atoms with van der Waals surface area (Å²) in [7, 11) is 0.